The Morgan fingerprint density at radius 3 is 2.19 bits per heavy atom. The molecule has 1 N–H and O–H groups in total. The number of anilines is 1. The molecular weight excluding hydrogens is 286 g/mol. The molecule has 0 saturated carbocycles. The zero-order valence-electron chi connectivity index (χ0n) is 11.3. The van der Waals surface area contributed by atoms with Gasteiger partial charge in [-0.15, -0.1) is 0 Å². The van der Waals surface area contributed by atoms with E-state index >= 15 is 0 Å². The van der Waals surface area contributed by atoms with Gasteiger partial charge in [-0.1, -0.05) is 18.2 Å². The van der Waals surface area contributed by atoms with Crippen LogP contribution in [0, 0.1) is 11.2 Å². The first-order chi connectivity index (χ1) is 9.97. The van der Waals surface area contributed by atoms with E-state index in [1.165, 1.54) is 31.2 Å². The van der Waals surface area contributed by atoms with Crippen LogP contribution in [-0.4, -0.2) is 14.3 Å². The van der Waals surface area contributed by atoms with Crippen molar-refractivity contribution >= 4 is 21.4 Å². The molecule has 21 heavy (non-hydrogen) atoms. The highest BCUT2D eigenvalue weighted by Gasteiger charge is 2.10. The van der Waals surface area contributed by atoms with Crippen LogP contribution in [0.3, 0.4) is 0 Å². The van der Waals surface area contributed by atoms with Crippen molar-refractivity contribution < 1.29 is 13.2 Å². The molecule has 0 heterocycles. The highest BCUT2D eigenvalue weighted by Crippen LogP contribution is 2.15. The number of benzene rings is 2. The third-order valence-corrected chi connectivity index (χ3v) is 3.85. The van der Waals surface area contributed by atoms with Crippen molar-refractivity contribution in [3.05, 3.63) is 60.2 Å². The highest BCUT2D eigenvalue weighted by atomic mass is 32.2. The molecule has 0 saturated heterocycles. The van der Waals surface area contributed by atoms with E-state index in [-0.39, 0.29) is 10.8 Å². The predicted molar refractivity (Wildman–Crippen MR) is 81.3 cm³/mol. The van der Waals surface area contributed by atoms with Gasteiger partial charge >= 0.3 is 0 Å². The number of carbonyl (C=O) groups excluding carboxylic acids is 1. The minimum atomic E-state index is -3.68. The summed E-state index contributed by atoms with van der Waals surface area (Å²) in [5, 5.41) is 4.86. The smallest absolute Gasteiger partial charge is 0.245 e. The number of hydrogen-bond donors (Lipinski definition) is 1. The highest BCUT2D eigenvalue weighted by molar-refractivity contribution is 7.96. The molecule has 0 aliphatic carbocycles. The molecule has 2 rings (SSSR count). The summed E-state index contributed by atoms with van der Waals surface area (Å²) in [5.41, 5.74) is 1.17. The van der Waals surface area contributed by atoms with E-state index in [1.54, 1.807) is 24.3 Å². The van der Waals surface area contributed by atoms with Crippen molar-refractivity contribution in [2.24, 2.45) is 0 Å². The molecule has 0 aliphatic rings. The van der Waals surface area contributed by atoms with Crippen molar-refractivity contribution in [3.8, 4) is 11.2 Å². The fourth-order valence-electron chi connectivity index (χ4n) is 1.63. The summed E-state index contributed by atoms with van der Waals surface area (Å²) < 4.78 is 24.2. The normalized spacial score (nSPS) is 10.3. The number of nitrogens with one attached hydrogen (secondary N) is 1. The third-order valence-electron chi connectivity index (χ3n) is 2.59. The zero-order valence-corrected chi connectivity index (χ0v) is 12.1. The van der Waals surface area contributed by atoms with E-state index in [0.717, 1.165) is 0 Å². The lowest BCUT2D eigenvalue weighted by Gasteiger charge is -2.02. The van der Waals surface area contributed by atoms with Crippen LogP contribution in [0.2, 0.25) is 0 Å². The zero-order chi connectivity index (χ0) is 15.3. The van der Waals surface area contributed by atoms with Gasteiger partial charge in [0.05, 0.1) is 4.90 Å². The Kier molecular flexibility index (Phi) is 4.41. The molecule has 5 heteroatoms. The van der Waals surface area contributed by atoms with Gasteiger partial charge in [0.2, 0.25) is 15.7 Å². The summed E-state index contributed by atoms with van der Waals surface area (Å²) in [5.74, 6) is 2.41. The second-order valence-corrected chi connectivity index (χ2v) is 5.98. The number of sulfone groups is 1. The Labute approximate surface area is 123 Å². The predicted octanol–water partition coefficient (Wildman–Crippen LogP) is 2.43. The molecule has 2 aromatic rings. The van der Waals surface area contributed by atoms with E-state index < -0.39 is 9.84 Å². The van der Waals surface area contributed by atoms with Crippen LogP contribution in [0.4, 0.5) is 5.69 Å². The van der Waals surface area contributed by atoms with Crippen molar-refractivity contribution in [2.75, 3.05) is 5.32 Å². The van der Waals surface area contributed by atoms with Crippen LogP contribution in [0.15, 0.2) is 59.5 Å². The first-order valence-electron chi connectivity index (χ1n) is 6.18. The number of amides is 1. The van der Waals surface area contributed by atoms with Gasteiger partial charge in [0.15, 0.2) is 0 Å². The van der Waals surface area contributed by atoms with Gasteiger partial charge in [-0.3, -0.25) is 4.79 Å². The largest absolute Gasteiger partial charge is 0.326 e. The van der Waals surface area contributed by atoms with Crippen LogP contribution in [0.25, 0.3) is 0 Å². The average molecular weight is 299 g/mol. The summed E-state index contributed by atoms with van der Waals surface area (Å²) in [6.07, 6.45) is 0. The fourth-order valence-corrected chi connectivity index (χ4v) is 2.49. The van der Waals surface area contributed by atoms with E-state index in [2.05, 4.69) is 16.5 Å². The van der Waals surface area contributed by atoms with Crippen molar-refractivity contribution in [1.82, 2.24) is 0 Å². The van der Waals surface area contributed by atoms with E-state index in [9.17, 15) is 13.2 Å². The molecule has 4 nitrogen and oxygen atoms in total. The second-order valence-electron chi connectivity index (χ2n) is 4.30. The molecule has 1 amide bonds. The van der Waals surface area contributed by atoms with Crippen LogP contribution < -0.4 is 5.32 Å². The maximum atomic E-state index is 12.1. The first kappa shape index (κ1) is 14.8. The molecule has 2 aromatic carbocycles. The van der Waals surface area contributed by atoms with Gasteiger partial charge in [-0.05, 0) is 42.3 Å². The van der Waals surface area contributed by atoms with Crippen LogP contribution in [0.5, 0.6) is 0 Å². The Morgan fingerprint density at radius 1 is 1.00 bits per heavy atom. The lowest BCUT2D eigenvalue weighted by Crippen LogP contribution is -2.06. The number of carbonyl (C=O) groups is 1. The molecule has 0 unspecified atom stereocenters. The summed E-state index contributed by atoms with van der Waals surface area (Å²) >= 11 is 0. The van der Waals surface area contributed by atoms with E-state index in [4.69, 9.17) is 0 Å². The molecule has 0 aromatic heterocycles. The Balaban J connectivity index is 2.24. The molecule has 0 fully saturated rings. The Bertz CT molecular complexity index is 798. The van der Waals surface area contributed by atoms with Gasteiger partial charge < -0.3 is 5.32 Å². The van der Waals surface area contributed by atoms with Gasteiger partial charge in [0.25, 0.3) is 0 Å². The maximum Gasteiger partial charge on any atom is 0.245 e. The molecule has 0 radical (unpaired) electrons. The molecule has 0 bridgehead atoms. The van der Waals surface area contributed by atoms with Crippen LogP contribution in [0.1, 0.15) is 12.5 Å². The number of hydrogen-bond acceptors (Lipinski definition) is 3. The lowest BCUT2D eigenvalue weighted by molar-refractivity contribution is -0.114. The standard InChI is InChI=1S/C16H13NO3S/c1-13(18)17-15-7-9-16(10-8-15)21(19,20)12-11-14-5-3-2-4-6-14/h2-10H,1H3,(H,17,18). The van der Waals surface area contributed by atoms with E-state index in [1.807, 2.05) is 6.07 Å². The summed E-state index contributed by atoms with van der Waals surface area (Å²) in [4.78, 5) is 11.0. The molecular formula is C16H13NO3S. The van der Waals surface area contributed by atoms with Crippen LogP contribution >= 0.6 is 0 Å². The van der Waals surface area contributed by atoms with Gasteiger partial charge in [-0.2, -0.15) is 0 Å². The van der Waals surface area contributed by atoms with Crippen molar-refractivity contribution in [3.63, 3.8) is 0 Å². The molecule has 0 spiro atoms. The fraction of sp³-hybridized carbons (Fsp3) is 0.0625. The number of rotatable bonds is 2. The quantitative estimate of drug-likeness (QED) is 0.866. The van der Waals surface area contributed by atoms with Crippen molar-refractivity contribution in [2.45, 2.75) is 11.8 Å². The van der Waals surface area contributed by atoms with Crippen LogP contribution in [-0.2, 0) is 14.6 Å². The van der Waals surface area contributed by atoms with Gasteiger partial charge in [0.1, 0.15) is 0 Å². The SMILES string of the molecule is CC(=O)Nc1ccc(S(=O)(=O)C#Cc2ccccc2)cc1. The minimum absolute atomic E-state index is 0.0973. The first-order valence-corrected chi connectivity index (χ1v) is 7.66. The average Bonchev–Trinajstić information content (AvgIpc) is 2.46. The monoisotopic (exact) mass is 299 g/mol. The van der Waals surface area contributed by atoms with Gasteiger partial charge in [0, 0.05) is 23.4 Å². The summed E-state index contributed by atoms with van der Waals surface area (Å²) in [6, 6.07) is 14.8. The topological polar surface area (TPSA) is 63.2 Å². The van der Waals surface area contributed by atoms with Gasteiger partial charge in [-0.25, -0.2) is 8.42 Å². The van der Waals surface area contributed by atoms with E-state index in [0.29, 0.717) is 11.3 Å². The summed E-state index contributed by atoms with van der Waals surface area (Å²) in [6.45, 7) is 1.38. The van der Waals surface area contributed by atoms with Crippen molar-refractivity contribution in [1.29, 1.82) is 0 Å². The molecule has 106 valence electrons. The lowest BCUT2D eigenvalue weighted by atomic mass is 10.2. The third kappa shape index (κ3) is 4.20. The Morgan fingerprint density at radius 2 is 1.62 bits per heavy atom. The second kappa shape index (κ2) is 6.25. The minimum Gasteiger partial charge on any atom is -0.326 e. The molecule has 0 atom stereocenters. The molecule has 0 aliphatic heterocycles. The maximum absolute atomic E-state index is 12.1. The summed E-state index contributed by atoms with van der Waals surface area (Å²) in [7, 11) is -3.68. The Hall–Kier alpha value is -2.58.